The number of hydrogen-bond acceptors (Lipinski definition) is 2. The number of nitrogens with zero attached hydrogens (tertiary/aromatic N) is 3. The van der Waals surface area contributed by atoms with E-state index in [9.17, 15) is 0 Å². The van der Waals surface area contributed by atoms with Gasteiger partial charge in [0.1, 0.15) is 0 Å². The number of guanidine groups is 1. The molecule has 1 aliphatic rings. The largest absolute Gasteiger partial charge is 0.370 e. The summed E-state index contributed by atoms with van der Waals surface area (Å²) in [5.74, 6) is 0.649. The van der Waals surface area contributed by atoms with E-state index in [-0.39, 0.29) is 0 Å². The van der Waals surface area contributed by atoms with Gasteiger partial charge >= 0.3 is 0 Å². The van der Waals surface area contributed by atoms with Gasteiger partial charge in [-0.25, -0.2) is 0 Å². The fourth-order valence-corrected chi connectivity index (χ4v) is 2.40. The summed E-state index contributed by atoms with van der Waals surface area (Å²) >= 11 is 6.20. The summed E-state index contributed by atoms with van der Waals surface area (Å²) in [5, 5.41) is 0.807. The van der Waals surface area contributed by atoms with Crippen molar-refractivity contribution < 1.29 is 0 Å². The first kappa shape index (κ1) is 13.0. The number of nitrogens with two attached hydrogens (primary N) is 1. The minimum atomic E-state index is 0.649. The number of halogens is 1. The molecule has 0 aliphatic carbocycles. The second kappa shape index (κ2) is 5.96. The van der Waals surface area contributed by atoms with Crippen LogP contribution in [-0.4, -0.2) is 43.6 Å². The molecule has 1 aromatic rings. The Hall–Kier alpha value is -1.42. The van der Waals surface area contributed by atoms with E-state index in [0.717, 1.165) is 43.4 Å². The molecular formula is C13H19ClN4. The van der Waals surface area contributed by atoms with E-state index >= 15 is 0 Å². The van der Waals surface area contributed by atoms with Gasteiger partial charge in [0.25, 0.3) is 0 Å². The van der Waals surface area contributed by atoms with Crippen LogP contribution in [0.25, 0.3) is 0 Å². The number of hydrogen-bond donors (Lipinski definition) is 1. The Morgan fingerprint density at radius 2 is 1.94 bits per heavy atom. The average molecular weight is 267 g/mol. The normalized spacial score (nSPS) is 17.1. The third-order valence-corrected chi connectivity index (χ3v) is 3.44. The summed E-state index contributed by atoms with van der Waals surface area (Å²) in [5.41, 5.74) is 7.01. The fraction of sp³-hybridized carbons (Fsp3) is 0.462. The molecule has 0 bridgehead atoms. The summed E-state index contributed by atoms with van der Waals surface area (Å²) in [4.78, 5) is 8.65. The monoisotopic (exact) mass is 266 g/mol. The molecule has 0 spiro atoms. The molecule has 18 heavy (non-hydrogen) atoms. The lowest BCUT2D eigenvalue weighted by molar-refractivity contribution is 0.381. The van der Waals surface area contributed by atoms with Crippen molar-refractivity contribution in [2.75, 3.05) is 37.6 Å². The van der Waals surface area contributed by atoms with E-state index < -0.39 is 0 Å². The number of benzene rings is 1. The van der Waals surface area contributed by atoms with E-state index in [2.05, 4.69) is 20.9 Å². The maximum Gasteiger partial charge on any atom is 0.191 e. The van der Waals surface area contributed by atoms with Crippen molar-refractivity contribution in [3.8, 4) is 0 Å². The zero-order chi connectivity index (χ0) is 13.0. The molecule has 2 N–H and O–H groups in total. The van der Waals surface area contributed by atoms with Gasteiger partial charge in [0.15, 0.2) is 5.96 Å². The van der Waals surface area contributed by atoms with Crippen LogP contribution in [0.2, 0.25) is 5.02 Å². The van der Waals surface area contributed by atoms with Crippen molar-refractivity contribution in [1.29, 1.82) is 0 Å². The molecule has 0 radical (unpaired) electrons. The van der Waals surface area contributed by atoms with Crippen LogP contribution in [0.1, 0.15) is 6.92 Å². The van der Waals surface area contributed by atoms with Crippen LogP contribution >= 0.6 is 11.6 Å². The fourth-order valence-electron chi connectivity index (χ4n) is 2.15. The van der Waals surface area contributed by atoms with Gasteiger partial charge < -0.3 is 15.5 Å². The van der Waals surface area contributed by atoms with Gasteiger partial charge in [-0.3, -0.25) is 4.99 Å². The third kappa shape index (κ3) is 2.88. The first-order valence-electron chi connectivity index (χ1n) is 6.26. The second-order valence-electron chi connectivity index (χ2n) is 4.26. The van der Waals surface area contributed by atoms with Crippen molar-refractivity contribution in [2.24, 2.45) is 10.7 Å². The Balaban J connectivity index is 1.99. The topological polar surface area (TPSA) is 44.9 Å². The lowest BCUT2D eigenvalue weighted by Crippen LogP contribution is -2.51. The molecule has 2 rings (SSSR count). The molecule has 0 aromatic heterocycles. The summed E-state index contributed by atoms with van der Waals surface area (Å²) in [7, 11) is 0. The number of aliphatic imine (C=N–C) groups is 1. The first-order chi connectivity index (χ1) is 8.72. The van der Waals surface area contributed by atoms with E-state index in [1.807, 2.05) is 25.1 Å². The molecule has 1 aromatic carbocycles. The van der Waals surface area contributed by atoms with Crippen LogP contribution < -0.4 is 10.6 Å². The highest BCUT2D eigenvalue weighted by Crippen LogP contribution is 2.25. The molecule has 1 aliphatic heterocycles. The number of anilines is 1. The lowest BCUT2D eigenvalue weighted by Gasteiger charge is -2.36. The summed E-state index contributed by atoms with van der Waals surface area (Å²) in [6.07, 6.45) is 0. The Morgan fingerprint density at radius 1 is 1.28 bits per heavy atom. The lowest BCUT2D eigenvalue weighted by atomic mass is 10.2. The Bertz CT molecular complexity index is 425. The van der Waals surface area contributed by atoms with Gasteiger partial charge in [-0.15, -0.1) is 0 Å². The molecule has 1 heterocycles. The molecule has 1 fully saturated rings. The zero-order valence-corrected chi connectivity index (χ0v) is 11.4. The standard InChI is InChI=1S/C13H19ClN4/c1-2-16-13(15)18-9-7-17(8-10-18)12-6-4-3-5-11(12)14/h3-6H,2,7-10H2,1H3,(H2,15,16). The minimum absolute atomic E-state index is 0.649. The SMILES string of the molecule is CCN=C(N)N1CCN(c2ccccc2Cl)CC1. The van der Waals surface area contributed by atoms with E-state index in [1.165, 1.54) is 0 Å². The highest BCUT2D eigenvalue weighted by molar-refractivity contribution is 6.33. The molecular weight excluding hydrogens is 248 g/mol. The van der Waals surface area contributed by atoms with Gasteiger partial charge in [-0.2, -0.15) is 0 Å². The number of piperazine rings is 1. The van der Waals surface area contributed by atoms with Gasteiger partial charge in [-0.05, 0) is 19.1 Å². The summed E-state index contributed by atoms with van der Waals surface area (Å²) < 4.78 is 0. The highest BCUT2D eigenvalue weighted by Gasteiger charge is 2.19. The van der Waals surface area contributed by atoms with Crippen LogP contribution in [0, 0.1) is 0 Å². The van der Waals surface area contributed by atoms with Gasteiger partial charge in [-0.1, -0.05) is 23.7 Å². The molecule has 0 amide bonds. The van der Waals surface area contributed by atoms with Gasteiger partial charge in [0.05, 0.1) is 10.7 Å². The van der Waals surface area contributed by atoms with Crippen molar-refractivity contribution in [3.05, 3.63) is 29.3 Å². The Labute approximate surface area is 113 Å². The third-order valence-electron chi connectivity index (χ3n) is 3.12. The molecule has 1 saturated heterocycles. The minimum Gasteiger partial charge on any atom is -0.370 e. The average Bonchev–Trinajstić information content (AvgIpc) is 2.40. The molecule has 98 valence electrons. The summed E-state index contributed by atoms with van der Waals surface area (Å²) in [6.45, 7) is 6.35. The van der Waals surface area contributed by atoms with Gasteiger partial charge in [0, 0.05) is 32.7 Å². The van der Waals surface area contributed by atoms with Crippen LogP contribution in [-0.2, 0) is 0 Å². The Kier molecular flexibility index (Phi) is 4.31. The van der Waals surface area contributed by atoms with Crippen LogP contribution in [0.3, 0.4) is 0 Å². The van der Waals surface area contributed by atoms with E-state index in [0.29, 0.717) is 5.96 Å². The second-order valence-corrected chi connectivity index (χ2v) is 4.67. The predicted molar refractivity (Wildman–Crippen MR) is 77.4 cm³/mol. The van der Waals surface area contributed by atoms with Crippen molar-refractivity contribution >= 4 is 23.2 Å². The smallest absolute Gasteiger partial charge is 0.191 e. The summed E-state index contributed by atoms with van der Waals surface area (Å²) in [6, 6.07) is 7.95. The Morgan fingerprint density at radius 3 is 2.56 bits per heavy atom. The molecule has 4 nitrogen and oxygen atoms in total. The van der Waals surface area contributed by atoms with Crippen LogP contribution in [0.15, 0.2) is 29.3 Å². The molecule has 0 atom stereocenters. The maximum absolute atomic E-state index is 6.20. The zero-order valence-electron chi connectivity index (χ0n) is 10.6. The number of para-hydroxylation sites is 1. The maximum atomic E-state index is 6.20. The van der Waals surface area contributed by atoms with Crippen molar-refractivity contribution in [2.45, 2.75) is 6.92 Å². The molecule has 0 saturated carbocycles. The van der Waals surface area contributed by atoms with Gasteiger partial charge in [0.2, 0.25) is 0 Å². The molecule has 5 heteroatoms. The van der Waals surface area contributed by atoms with Crippen molar-refractivity contribution in [3.63, 3.8) is 0 Å². The van der Waals surface area contributed by atoms with Crippen LogP contribution in [0.4, 0.5) is 5.69 Å². The highest BCUT2D eigenvalue weighted by atomic mass is 35.5. The first-order valence-corrected chi connectivity index (χ1v) is 6.64. The number of rotatable bonds is 2. The van der Waals surface area contributed by atoms with Crippen LogP contribution in [0.5, 0.6) is 0 Å². The predicted octanol–water partition coefficient (Wildman–Crippen LogP) is 1.80. The molecule has 0 unspecified atom stereocenters. The van der Waals surface area contributed by atoms with E-state index in [1.54, 1.807) is 0 Å². The van der Waals surface area contributed by atoms with E-state index in [4.69, 9.17) is 17.3 Å². The van der Waals surface area contributed by atoms with Crippen molar-refractivity contribution in [1.82, 2.24) is 4.90 Å². The quantitative estimate of drug-likeness (QED) is 0.656.